The van der Waals surface area contributed by atoms with Gasteiger partial charge < -0.3 is 5.32 Å². The van der Waals surface area contributed by atoms with Crippen molar-refractivity contribution in [1.82, 2.24) is 15.5 Å². The largest absolute Gasteiger partial charge is 0.308 e. The number of aromatic nitrogens is 2. The second kappa shape index (κ2) is 7.16. The quantitative estimate of drug-likeness (QED) is 0.846. The molecule has 0 fully saturated rings. The number of hydrogen-bond donors (Lipinski definition) is 1. The van der Waals surface area contributed by atoms with E-state index < -0.39 is 0 Å². The standard InChI is InChI=1S/C15H20ClN3S/c1-4-9-17-12(5-2)15-19-18-14(20-15)11-8-6-7-10(3)13(11)16/h6-8,12,17H,4-5,9H2,1-3H3. The Morgan fingerprint density at radius 2 is 2.10 bits per heavy atom. The average molecular weight is 310 g/mol. The number of halogens is 1. The third-order valence-corrected chi connectivity index (χ3v) is 4.78. The van der Waals surface area contributed by atoms with Gasteiger partial charge in [-0.15, -0.1) is 10.2 Å². The normalized spacial score (nSPS) is 12.6. The Bertz CT molecular complexity index is 568. The molecule has 108 valence electrons. The molecule has 0 spiro atoms. The highest BCUT2D eigenvalue weighted by atomic mass is 35.5. The van der Waals surface area contributed by atoms with E-state index in [0.29, 0.717) is 0 Å². The van der Waals surface area contributed by atoms with Gasteiger partial charge in [0, 0.05) is 5.56 Å². The van der Waals surface area contributed by atoms with Gasteiger partial charge in [-0.25, -0.2) is 0 Å². The molecule has 1 heterocycles. The summed E-state index contributed by atoms with van der Waals surface area (Å²) in [5, 5.41) is 14.8. The molecular formula is C15H20ClN3S. The van der Waals surface area contributed by atoms with Crippen molar-refractivity contribution in [3.63, 3.8) is 0 Å². The summed E-state index contributed by atoms with van der Waals surface area (Å²) in [6.45, 7) is 7.33. The summed E-state index contributed by atoms with van der Waals surface area (Å²) in [4.78, 5) is 0. The molecule has 3 nitrogen and oxygen atoms in total. The second-order valence-corrected chi connectivity index (χ2v) is 6.18. The van der Waals surface area contributed by atoms with Crippen LogP contribution in [0.5, 0.6) is 0 Å². The molecule has 1 unspecified atom stereocenters. The summed E-state index contributed by atoms with van der Waals surface area (Å²) >= 11 is 7.98. The van der Waals surface area contributed by atoms with Crippen molar-refractivity contribution in [3.8, 4) is 10.6 Å². The van der Waals surface area contributed by atoms with Crippen molar-refractivity contribution in [2.45, 2.75) is 39.7 Å². The van der Waals surface area contributed by atoms with Crippen LogP contribution in [0.1, 0.15) is 43.3 Å². The summed E-state index contributed by atoms with van der Waals surface area (Å²) < 4.78 is 0. The molecule has 0 aliphatic carbocycles. The van der Waals surface area contributed by atoms with Crippen molar-refractivity contribution < 1.29 is 0 Å². The SMILES string of the molecule is CCCNC(CC)c1nnc(-c2cccc(C)c2Cl)s1. The van der Waals surface area contributed by atoms with Gasteiger partial charge in [-0.05, 0) is 31.9 Å². The molecule has 1 atom stereocenters. The minimum atomic E-state index is 0.282. The molecule has 0 bridgehead atoms. The van der Waals surface area contributed by atoms with E-state index >= 15 is 0 Å². The second-order valence-electron chi connectivity index (χ2n) is 4.80. The van der Waals surface area contributed by atoms with Crippen LogP contribution in [0.4, 0.5) is 0 Å². The van der Waals surface area contributed by atoms with Crippen LogP contribution in [0.2, 0.25) is 5.02 Å². The van der Waals surface area contributed by atoms with Crippen molar-refractivity contribution >= 4 is 22.9 Å². The lowest BCUT2D eigenvalue weighted by atomic mass is 10.1. The highest BCUT2D eigenvalue weighted by Crippen LogP contribution is 2.34. The Morgan fingerprint density at radius 1 is 1.30 bits per heavy atom. The third kappa shape index (κ3) is 3.37. The Morgan fingerprint density at radius 3 is 2.80 bits per heavy atom. The number of hydrogen-bond acceptors (Lipinski definition) is 4. The Kier molecular flexibility index (Phi) is 5.52. The first-order valence-corrected chi connectivity index (χ1v) is 8.19. The fourth-order valence-electron chi connectivity index (χ4n) is 2.02. The van der Waals surface area contributed by atoms with E-state index in [1.165, 1.54) is 0 Å². The van der Waals surface area contributed by atoms with Crippen LogP contribution in [0.25, 0.3) is 10.6 Å². The Labute approximate surface area is 129 Å². The van der Waals surface area contributed by atoms with Crippen molar-refractivity contribution in [2.24, 2.45) is 0 Å². The van der Waals surface area contributed by atoms with Crippen LogP contribution in [0.15, 0.2) is 18.2 Å². The molecule has 0 saturated carbocycles. The van der Waals surface area contributed by atoms with E-state index in [9.17, 15) is 0 Å². The number of nitrogens with one attached hydrogen (secondary N) is 1. The zero-order chi connectivity index (χ0) is 14.5. The number of rotatable bonds is 6. The molecule has 0 aliphatic rings. The number of benzene rings is 1. The maximum absolute atomic E-state index is 6.36. The van der Waals surface area contributed by atoms with E-state index in [4.69, 9.17) is 11.6 Å². The van der Waals surface area contributed by atoms with Gasteiger partial charge in [0.25, 0.3) is 0 Å². The maximum Gasteiger partial charge on any atom is 0.149 e. The van der Waals surface area contributed by atoms with E-state index in [2.05, 4.69) is 29.4 Å². The molecule has 0 aliphatic heterocycles. The molecule has 0 amide bonds. The smallest absolute Gasteiger partial charge is 0.149 e. The minimum absolute atomic E-state index is 0.282. The lowest BCUT2D eigenvalue weighted by Gasteiger charge is -2.12. The van der Waals surface area contributed by atoms with Gasteiger partial charge in [0.1, 0.15) is 10.0 Å². The van der Waals surface area contributed by atoms with Crippen LogP contribution in [0.3, 0.4) is 0 Å². The van der Waals surface area contributed by atoms with Gasteiger partial charge in [-0.3, -0.25) is 0 Å². The zero-order valence-electron chi connectivity index (χ0n) is 12.1. The van der Waals surface area contributed by atoms with Crippen LogP contribution < -0.4 is 5.32 Å². The Balaban J connectivity index is 2.26. The first-order valence-electron chi connectivity index (χ1n) is 6.99. The van der Waals surface area contributed by atoms with Crippen LogP contribution >= 0.6 is 22.9 Å². The van der Waals surface area contributed by atoms with Crippen molar-refractivity contribution in [3.05, 3.63) is 33.8 Å². The fraction of sp³-hybridized carbons (Fsp3) is 0.467. The van der Waals surface area contributed by atoms with Gasteiger partial charge in [0.2, 0.25) is 0 Å². The van der Waals surface area contributed by atoms with Crippen LogP contribution in [-0.4, -0.2) is 16.7 Å². The molecule has 2 aromatic rings. The third-order valence-electron chi connectivity index (χ3n) is 3.21. The predicted octanol–water partition coefficient (Wildman–Crippen LogP) is 4.62. The molecule has 2 rings (SSSR count). The molecule has 1 N–H and O–H groups in total. The van der Waals surface area contributed by atoms with Gasteiger partial charge in [-0.1, -0.05) is 55.0 Å². The summed E-state index contributed by atoms with van der Waals surface area (Å²) in [6.07, 6.45) is 2.13. The highest BCUT2D eigenvalue weighted by Gasteiger charge is 2.16. The van der Waals surface area contributed by atoms with E-state index in [1.54, 1.807) is 11.3 Å². The zero-order valence-corrected chi connectivity index (χ0v) is 13.7. The van der Waals surface area contributed by atoms with Gasteiger partial charge in [0.05, 0.1) is 11.1 Å². The lowest BCUT2D eigenvalue weighted by Crippen LogP contribution is -2.21. The summed E-state index contributed by atoms with van der Waals surface area (Å²) in [5.74, 6) is 0. The van der Waals surface area contributed by atoms with Crippen LogP contribution in [0, 0.1) is 6.92 Å². The van der Waals surface area contributed by atoms with Gasteiger partial charge in [0.15, 0.2) is 0 Å². The first-order chi connectivity index (χ1) is 9.67. The number of nitrogens with zero attached hydrogens (tertiary/aromatic N) is 2. The molecule has 0 radical (unpaired) electrons. The fourth-order valence-corrected chi connectivity index (χ4v) is 3.33. The van der Waals surface area contributed by atoms with Gasteiger partial charge in [-0.2, -0.15) is 0 Å². The van der Waals surface area contributed by atoms with Crippen LogP contribution in [-0.2, 0) is 0 Å². The predicted molar refractivity (Wildman–Crippen MR) is 86.4 cm³/mol. The molecule has 1 aromatic carbocycles. The molecule has 0 saturated heterocycles. The number of aryl methyl sites for hydroxylation is 1. The van der Waals surface area contributed by atoms with E-state index in [0.717, 1.165) is 45.6 Å². The minimum Gasteiger partial charge on any atom is -0.308 e. The summed E-state index contributed by atoms with van der Waals surface area (Å²) in [5.41, 5.74) is 2.04. The first kappa shape index (κ1) is 15.4. The highest BCUT2D eigenvalue weighted by molar-refractivity contribution is 7.14. The lowest BCUT2D eigenvalue weighted by molar-refractivity contribution is 0.513. The van der Waals surface area contributed by atoms with Crippen molar-refractivity contribution in [1.29, 1.82) is 0 Å². The monoisotopic (exact) mass is 309 g/mol. The molecular weight excluding hydrogens is 290 g/mol. The van der Waals surface area contributed by atoms with Crippen molar-refractivity contribution in [2.75, 3.05) is 6.54 Å². The molecule has 5 heteroatoms. The van der Waals surface area contributed by atoms with E-state index in [-0.39, 0.29) is 6.04 Å². The Hall–Kier alpha value is -0.970. The van der Waals surface area contributed by atoms with E-state index in [1.807, 2.05) is 25.1 Å². The average Bonchev–Trinajstić information content (AvgIpc) is 2.92. The summed E-state index contributed by atoms with van der Waals surface area (Å²) in [7, 11) is 0. The topological polar surface area (TPSA) is 37.8 Å². The van der Waals surface area contributed by atoms with Gasteiger partial charge >= 0.3 is 0 Å². The molecule has 1 aromatic heterocycles. The summed E-state index contributed by atoms with van der Waals surface area (Å²) in [6, 6.07) is 6.29. The molecule has 20 heavy (non-hydrogen) atoms. The maximum atomic E-state index is 6.36.